The number of rotatable bonds is 5. The molecule has 0 aliphatic heterocycles. The van der Waals surface area contributed by atoms with Crippen molar-refractivity contribution in [1.82, 2.24) is 0 Å². The van der Waals surface area contributed by atoms with Gasteiger partial charge in [-0.2, -0.15) is 0 Å². The summed E-state index contributed by atoms with van der Waals surface area (Å²) in [5, 5.41) is 0. The van der Waals surface area contributed by atoms with Crippen LogP contribution in [0.1, 0.15) is 46.5 Å². The van der Waals surface area contributed by atoms with Crippen molar-refractivity contribution in [1.29, 1.82) is 0 Å². The molecule has 0 radical (unpaired) electrons. The lowest BCUT2D eigenvalue weighted by Gasteiger charge is -2.15. The lowest BCUT2D eigenvalue weighted by Crippen LogP contribution is -2.15. The average Bonchev–Trinajstić information content (AvgIpc) is 2.00. The van der Waals surface area contributed by atoms with Gasteiger partial charge in [0, 0.05) is 12.8 Å². The number of hydrogen-bond acceptors (Lipinski definition) is 0. The fourth-order valence-corrected chi connectivity index (χ4v) is 0.838. The highest BCUT2D eigenvalue weighted by Gasteiger charge is 2.25. The summed E-state index contributed by atoms with van der Waals surface area (Å²) in [4.78, 5) is 0. The van der Waals surface area contributed by atoms with Crippen LogP contribution in [0.15, 0.2) is 0 Å². The van der Waals surface area contributed by atoms with Crippen molar-refractivity contribution >= 4 is 0 Å². The van der Waals surface area contributed by atoms with Crippen LogP contribution in [-0.2, 0) is 0 Å². The van der Waals surface area contributed by atoms with Crippen molar-refractivity contribution < 1.29 is 8.78 Å². The van der Waals surface area contributed by atoms with Gasteiger partial charge >= 0.3 is 0 Å². The van der Waals surface area contributed by atoms with E-state index in [-0.39, 0.29) is 12.8 Å². The van der Waals surface area contributed by atoms with Gasteiger partial charge in [0.1, 0.15) is 0 Å². The maximum absolute atomic E-state index is 12.6. The number of hydrogen-bond donors (Lipinski definition) is 0. The fraction of sp³-hybridized carbons (Fsp3) is 1.00. The van der Waals surface area contributed by atoms with Gasteiger partial charge in [-0.1, -0.05) is 27.2 Å². The van der Waals surface area contributed by atoms with Gasteiger partial charge in [-0.05, 0) is 12.3 Å². The normalized spacial score (nSPS) is 15.0. The van der Waals surface area contributed by atoms with Crippen molar-refractivity contribution in [3.05, 3.63) is 0 Å². The lowest BCUT2D eigenvalue weighted by molar-refractivity contribution is -0.0165. The second kappa shape index (κ2) is 4.68. The first kappa shape index (κ1) is 10.9. The van der Waals surface area contributed by atoms with Crippen LogP contribution in [0.4, 0.5) is 8.78 Å². The third-order valence-corrected chi connectivity index (χ3v) is 2.22. The first-order valence-electron chi connectivity index (χ1n) is 4.39. The largest absolute Gasteiger partial charge is 0.247 e. The minimum atomic E-state index is -2.43. The minimum absolute atomic E-state index is 0.0244. The summed E-state index contributed by atoms with van der Waals surface area (Å²) >= 11 is 0. The van der Waals surface area contributed by atoms with Gasteiger partial charge in [-0.3, -0.25) is 0 Å². The van der Waals surface area contributed by atoms with E-state index in [4.69, 9.17) is 0 Å². The van der Waals surface area contributed by atoms with Crippen molar-refractivity contribution in [2.45, 2.75) is 52.4 Å². The molecule has 0 aromatic heterocycles. The highest BCUT2D eigenvalue weighted by molar-refractivity contribution is 4.65. The topological polar surface area (TPSA) is 0 Å². The Morgan fingerprint density at radius 3 is 2.18 bits per heavy atom. The van der Waals surface area contributed by atoms with E-state index < -0.39 is 5.92 Å². The quantitative estimate of drug-likeness (QED) is 0.578. The molecule has 0 N–H and O–H groups in total. The van der Waals surface area contributed by atoms with Gasteiger partial charge in [-0.25, -0.2) is 8.78 Å². The Labute approximate surface area is 68.0 Å². The molecule has 0 amide bonds. The fourth-order valence-electron chi connectivity index (χ4n) is 0.838. The van der Waals surface area contributed by atoms with Crippen molar-refractivity contribution in [3.8, 4) is 0 Å². The van der Waals surface area contributed by atoms with Gasteiger partial charge in [0.05, 0.1) is 0 Å². The molecule has 0 heterocycles. The van der Waals surface area contributed by atoms with Crippen LogP contribution < -0.4 is 0 Å². The maximum Gasteiger partial charge on any atom is 0.247 e. The van der Waals surface area contributed by atoms with Gasteiger partial charge in [0.25, 0.3) is 0 Å². The highest BCUT2D eigenvalue weighted by atomic mass is 19.3. The Morgan fingerprint density at radius 2 is 1.82 bits per heavy atom. The zero-order valence-corrected chi connectivity index (χ0v) is 7.66. The Bertz CT molecular complexity index is 99.7. The Hall–Kier alpha value is -0.140. The molecule has 2 heteroatoms. The summed E-state index contributed by atoms with van der Waals surface area (Å²) in [6, 6.07) is 0. The SMILES string of the molecule is CCC(C)CCC(F)(F)CC. The van der Waals surface area contributed by atoms with E-state index in [1.54, 1.807) is 0 Å². The molecule has 0 fully saturated rings. The van der Waals surface area contributed by atoms with Gasteiger partial charge in [0.15, 0.2) is 0 Å². The lowest BCUT2D eigenvalue weighted by atomic mass is 9.99. The van der Waals surface area contributed by atoms with Crippen LogP contribution in [0.25, 0.3) is 0 Å². The smallest absolute Gasteiger partial charge is 0.207 e. The third kappa shape index (κ3) is 5.16. The molecule has 1 atom stereocenters. The van der Waals surface area contributed by atoms with Crippen LogP contribution >= 0.6 is 0 Å². The van der Waals surface area contributed by atoms with Crippen LogP contribution in [0.2, 0.25) is 0 Å². The van der Waals surface area contributed by atoms with Crippen molar-refractivity contribution in [2.24, 2.45) is 5.92 Å². The summed E-state index contributed by atoms with van der Waals surface area (Å²) < 4.78 is 25.3. The average molecular weight is 164 g/mol. The van der Waals surface area contributed by atoms with E-state index in [1.165, 1.54) is 6.92 Å². The number of alkyl halides is 2. The van der Waals surface area contributed by atoms with E-state index in [0.717, 1.165) is 6.42 Å². The molecule has 68 valence electrons. The molecule has 0 rings (SSSR count). The van der Waals surface area contributed by atoms with Crippen LogP contribution in [0.5, 0.6) is 0 Å². The molecule has 0 aliphatic rings. The highest BCUT2D eigenvalue weighted by Crippen LogP contribution is 2.26. The Kier molecular flexibility index (Phi) is 4.62. The molecule has 0 saturated heterocycles. The summed E-state index contributed by atoms with van der Waals surface area (Å²) in [6.45, 7) is 5.59. The van der Waals surface area contributed by atoms with E-state index in [2.05, 4.69) is 0 Å². The second-order valence-corrected chi connectivity index (χ2v) is 3.26. The second-order valence-electron chi connectivity index (χ2n) is 3.26. The Balaban J connectivity index is 3.52. The van der Waals surface area contributed by atoms with E-state index in [1.807, 2.05) is 13.8 Å². The molecule has 11 heavy (non-hydrogen) atoms. The van der Waals surface area contributed by atoms with Gasteiger partial charge < -0.3 is 0 Å². The van der Waals surface area contributed by atoms with Gasteiger partial charge in [0.2, 0.25) is 5.92 Å². The molecular weight excluding hydrogens is 146 g/mol. The summed E-state index contributed by atoms with van der Waals surface area (Å²) in [7, 11) is 0. The van der Waals surface area contributed by atoms with E-state index in [9.17, 15) is 8.78 Å². The summed E-state index contributed by atoms with van der Waals surface area (Å²) in [5.74, 6) is -1.99. The molecule has 0 aliphatic carbocycles. The van der Waals surface area contributed by atoms with E-state index in [0.29, 0.717) is 12.3 Å². The van der Waals surface area contributed by atoms with Crippen LogP contribution in [0, 0.1) is 5.92 Å². The zero-order valence-electron chi connectivity index (χ0n) is 7.66. The molecule has 0 aromatic rings. The maximum atomic E-state index is 12.6. The van der Waals surface area contributed by atoms with Crippen molar-refractivity contribution in [2.75, 3.05) is 0 Å². The standard InChI is InChI=1S/C9H18F2/c1-4-8(3)6-7-9(10,11)5-2/h8H,4-7H2,1-3H3. The number of halogens is 2. The minimum Gasteiger partial charge on any atom is -0.207 e. The van der Waals surface area contributed by atoms with Crippen molar-refractivity contribution in [3.63, 3.8) is 0 Å². The Morgan fingerprint density at radius 1 is 1.27 bits per heavy atom. The monoisotopic (exact) mass is 164 g/mol. The predicted molar refractivity (Wildman–Crippen MR) is 43.9 cm³/mol. The molecule has 0 aromatic carbocycles. The summed E-state index contributed by atoms with van der Waals surface area (Å²) in [5.41, 5.74) is 0. The molecule has 0 nitrogen and oxygen atoms in total. The zero-order chi connectivity index (χ0) is 8.91. The molecule has 1 unspecified atom stereocenters. The first-order chi connectivity index (χ1) is 5.02. The predicted octanol–water partition coefficient (Wildman–Crippen LogP) is 3.86. The first-order valence-corrected chi connectivity index (χ1v) is 4.39. The van der Waals surface area contributed by atoms with Gasteiger partial charge in [-0.15, -0.1) is 0 Å². The van der Waals surface area contributed by atoms with Crippen LogP contribution in [-0.4, -0.2) is 5.92 Å². The molecule has 0 spiro atoms. The molecular formula is C9H18F2. The summed E-state index contributed by atoms with van der Waals surface area (Å²) in [6.07, 6.45) is 1.68. The third-order valence-electron chi connectivity index (χ3n) is 2.22. The molecule has 0 saturated carbocycles. The molecule has 0 bridgehead atoms. The van der Waals surface area contributed by atoms with Crippen LogP contribution in [0.3, 0.4) is 0 Å². The van der Waals surface area contributed by atoms with E-state index >= 15 is 0 Å².